The summed E-state index contributed by atoms with van der Waals surface area (Å²) < 4.78 is 1.78. The largest absolute Gasteiger partial charge is 0.394 e. The predicted molar refractivity (Wildman–Crippen MR) is 79.1 cm³/mol. The summed E-state index contributed by atoms with van der Waals surface area (Å²) in [5.74, 6) is 0.0456. The molecule has 0 aromatic carbocycles. The molecule has 0 aliphatic carbocycles. The lowest BCUT2D eigenvalue weighted by Crippen LogP contribution is -2.26. The number of fused-ring (bicyclic) bond motifs is 1. The highest BCUT2D eigenvalue weighted by Crippen LogP contribution is 2.27. The summed E-state index contributed by atoms with van der Waals surface area (Å²) in [5, 5.41) is 14.2. The number of aliphatic hydroxyl groups is 1. The smallest absolute Gasteiger partial charge is 0.266 e. The molecule has 1 aliphatic rings. The molecule has 0 fully saturated rings. The van der Waals surface area contributed by atoms with E-state index in [1.165, 1.54) is 11.3 Å². The standard InChI is InChI=1S/C14H18N4O2S/c1-3-11-13(21-9(2)16-11)14(20)17-7-10-6-15-18(4-5-19)12(10)8-17/h6,19H,3-5,7-8H2,1-2H3. The van der Waals surface area contributed by atoms with Crippen LogP contribution in [0.25, 0.3) is 0 Å². The first kappa shape index (κ1) is 14.2. The first-order valence-corrected chi connectivity index (χ1v) is 7.85. The van der Waals surface area contributed by atoms with Crippen molar-refractivity contribution in [3.05, 3.63) is 33.0 Å². The lowest BCUT2D eigenvalue weighted by atomic mass is 10.2. The van der Waals surface area contributed by atoms with Gasteiger partial charge in [0.05, 0.1) is 42.3 Å². The molecule has 112 valence electrons. The summed E-state index contributed by atoms with van der Waals surface area (Å²) in [6.45, 7) is 5.60. The number of carbonyl (C=O) groups excluding carboxylic acids is 1. The third kappa shape index (κ3) is 2.47. The van der Waals surface area contributed by atoms with Gasteiger partial charge in [-0.25, -0.2) is 4.98 Å². The van der Waals surface area contributed by atoms with E-state index in [1.54, 1.807) is 10.9 Å². The highest BCUT2D eigenvalue weighted by molar-refractivity contribution is 7.13. The van der Waals surface area contributed by atoms with Gasteiger partial charge >= 0.3 is 0 Å². The number of aromatic nitrogens is 3. The fraction of sp³-hybridized carbons (Fsp3) is 0.500. The lowest BCUT2D eigenvalue weighted by Gasteiger charge is -2.15. The Labute approximate surface area is 127 Å². The van der Waals surface area contributed by atoms with E-state index in [0.717, 1.165) is 33.3 Å². The number of nitrogens with zero attached hydrogens (tertiary/aromatic N) is 4. The van der Waals surface area contributed by atoms with Crippen LogP contribution in [0.2, 0.25) is 0 Å². The van der Waals surface area contributed by atoms with Crippen LogP contribution in [0.1, 0.15) is 38.6 Å². The second-order valence-corrected chi connectivity index (χ2v) is 6.29. The second kappa shape index (κ2) is 5.57. The normalized spacial score (nSPS) is 13.8. The van der Waals surface area contributed by atoms with Gasteiger partial charge in [0, 0.05) is 12.1 Å². The number of aryl methyl sites for hydroxylation is 2. The van der Waals surface area contributed by atoms with Crippen LogP contribution in [0, 0.1) is 6.92 Å². The molecule has 1 amide bonds. The van der Waals surface area contributed by atoms with Gasteiger partial charge in [0.25, 0.3) is 5.91 Å². The molecule has 2 aromatic heterocycles. The third-order valence-corrected chi connectivity index (χ3v) is 4.67. The zero-order chi connectivity index (χ0) is 15.0. The predicted octanol–water partition coefficient (Wildman–Crippen LogP) is 1.36. The molecule has 3 heterocycles. The Morgan fingerprint density at radius 2 is 2.29 bits per heavy atom. The van der Waals surface area contributed by atoms with Crippen molar-refractivity contribution in [1.29, 1.82) is 0 Å². The van der Waals surface area contributed by atoms with Gasteiger partial charge < -0.3 is 10.0 Å². The van der Waals surface area contributed by atoms with Gasteiger partial charge in [0.1, 0.15) is 4.88 Å². The fourth-order valence-electron chi connectivity index (χ4n) is 2.66. The van der Waals surface area contributed by atoms with Gasteiger partial charge in [-0.05, 0) is 13.3 Å². The second-order valence-electron chi connectivity index (χ2n) is 5.09. The Balaban J connectivity index is 1.82. The molecular weight excluding hydrogens is 288 g/mol. The Morgan fingerprint density at radius 3 is 3.00 bits per heavy atom. The SMILES string of the molecule is CCc1nc(C)sc1C(=O)N1Cc2cnn(CCO)c2C1. The Kier molecular flexibility index (Phi) is 3.77. The molecule has 1 aliphatic heterocycles. The molecule has 6 nitrogen and oxygen atoms in total. The van der Waals surface area contributed by atoms with E-state index >= 15 is 0 Å². The van der Waals surface area contributed by atoms with Crippen LogP contribution in [-0.4, -0.2) is 37.3 Å². The molecule has 0 radical (unpaired) electrons. The van der Waals surface area contributed by atoms with E-state index in [1.807, 2.05) is 18.7 Å². The molecule has 0 atom stereocenters. The summed E-state index contributed by atoms with van der Waals surface area (Å²) in [6, 6.07) is 0. The van der Waals surface area contributed by atoms with Crippen LogP contribution in [0.4, 0.5) is 0 Å². The van der Waals surface area contributed by atoms with E-state index in [-0.39, 0.29) is 12.5 Å². The molecule has 3 rings (SSSR count). The fourth-order valence-corrected chi connectivity index (χ4v) is 3.63. The van der Waals surface area contributed by atoms with Crippen molar-refractivity contribution in [2.45, 2.75) is 39.9 Å². The quantitative estimate of drug-likeness (QED) is 0.926. The van der Waals surface area contributed by atoms with Crippen LogP contribution in [-0.2, 0) is 26.1 Å². The van der Waals surface area contributed by atoms with E-state index in [4.69, 9.17) is 5.11 Å². The highest BCUT2D eigenvalue weighted by Gasteiger charge is 2.29. The monoisotopic (exact) mass is 306 g/mol. The number of hydrogen-bond acceptors (Lipinski definition) is 5. The maximum atomic E-state index is 12.7. The van der Waals surface area contributed by atoms with Crippen LogP contribution in [0.3, 0.4) is 0 Å². The maximum Gasteiger partial charge on any atom is 0.266 e. The number of rotatable bonds is 4. The van der Waals surface area contributed by atoms with E-state index in [0.29, 0.717) is 19.6 Å². The number of carbonyl (C=O) groups is 1. The summed E-state index contributed by atoms with van der Waals surface area (Å²) in [7, 11) is 0. The minimum Gasteiger partial charge on any atom is -0.394 e. The topological polar surface area (TPSA) is 71.2 Å². The van der Waals surface area contributed by atoms with Crippen molar-refractivity contribution in [3.8, 4) is 0 Å². The molecule has 0 saturated heterocycles. The van der Waals surface area contributed by atoms with Gasteiger partial charge in [-0.2, -0.15) is 5.10 Å². The molecular formula is C14H18N4O2S. The minimum atomic E-state index is 0.0456. The molecule has 21 heavy (non-hydrogen) atoms. The van der Waals surface area contributed by atoms with Crippen molar-refractivity contribution in [3.63, 3.8) is 0 Å². The molecule has 1 N–H and O–H groups in total. The molecule has 0 bridgehead atoms. The van der Waals surface area contributed by atoms with Crippen LogP contribution in [0.5, 0.6) is 0 Å². The average Bonchev–Trinajstić information content (AvgIpc) is 3.13. The molecule has 7 heteroatoms. The van der Waals surface area contributed by atoms with Crippen molar-refractivity contribution < 1.29 is 9.90 Å². The van der Waals surface area contributed by atoms with E-state index < -0.39 is 0 Å². The number of thiazole rings is 1. The summed E-state index contributed by atoms with van der Waals surface area (Å²) in [5.41, 5.74) is 2.98. The van der Waals surface area contributed by atoms with Crippen molar-refractivity contribution in [2.24, 2.45) is 0 Å². The number of aliphatic hydroxyl groups excluding tert-OH is 1. The van der Waals surface area contributed by atoms with Crippen molar-refractivity contribution in [2.75, 3.05) is 6.61 Å². The van der Waals surface area contributed by atoms with Gasteiger partial charge in [0.2, 0.25) is 0 Å². The van der Waals surface area contributed by atoms with Crippen molar-refractivity contribution in [1.82, 2.24) is 19.7 Å². The molecule has 2 aromatic rings. The van der Waals surface area contributed by atoms with Gasteiger partial charge in [-0.1, -0.05) is 6.92 Å². The summed E-state index contributed by atoms with van der Waals surface area (Å²) in [4.78, 5) is 19.7. The Hall–Kier alpha value is -1.73. The third-order valence-electron chi connectivity index (χ3n) is 3.67. The molecule has 0 saturated carbocycles. The lowest BCUT2D eigenvalue weighted by molar-refractivity contribution is 0.0751. The van der Waals surface area contributed by atoms with Crippen LogP contribution >= 0.6 is 11.3 Å². The van der Waals surface area contributed by atoms with Crippen LogP contribution < -0.4 is 0 Å². The van der Waals surface area contributed by atoms with Gasteiger partial charge in [0.15, 0.2) is 0 Å². The Bertz CT molecular complexity index is 677. The molecule has 0 spiro atoms. The summed E-state index contributed by atoms with van der Waals surface area (Å²) >= 11 is 1.46. The number of amides is 1. The van der Waals surface area contributed by atoms with Gasteiger partial charge in [-0.15, -0.1) is 11.3 Å². The summed E-state index contributed by atoms with van der Waals surface area (Å²) in [6.07, 6.45) is 2.56. The average molecular weight is 306 g/mol. The highest BCUT2D eigenvalue weighted by atomic mass is 32.1. The minimum absolute atomic E-state index is 0.0456. The first-order chi connectivity index (χ1) is 10.1. The zero-order valence-corrected chi connectivity index (χ0v) is 13.0. The number of hydrogen-bond donors (Lipinski definition) is 1. The van der Waals surface area contributed by atoms with Gasteiger partial charge in [-0.3, -0.25) is 9.48 Å². The van der Waals surface area contributed by atoms with Crippen molar-refractivity contribution >= 4 is 17.2 Å². The Morgan fingerprint density at radius 1 is 1.48 bits per heavy atom. The van der Waals surface area contributed by atoms with E-state index in [2.05, 4.69) is 10.1 Å². The maximum absolute atomic E-state index is 12.7. The van der Waals surface area contributed by atoms with E-state index in [9.17, 15) is 4.79 Å². The zero-order valence-electron chi connectivity index (χ0n) is 12.2. The molecule has 0 unspecified atom stereocenters. The first-order valence-electron chi connectivity index (χ1n) is 7.04. The van der Waals surface area contributed by atoms with Crippen LogP contribution in [0.15, 0.2) is 6.20 Å².